The first-order valence-corrected chi connectivity index (χ1v) is 11.1. The molecule has 1 fully saturated rings. The van der Waals surface area contributed by atoms with E-state index in [2.05, 4.69) is 0 Å². The zero-order chi connectivity index (χ0) is 22.8. The van der Waals surface area contributed by atoms with Gasteiger partial charge in [0.15, 0.2) is 11.6 Å². The average molecular weight is 446 g/mol. The molecule has 1 aromatic carbocycles. The van der Waals surface area contributed by atoms with Crippen LogP contribution in [0.25, 0.3) is 0 Å². The molecule has 0 amide bonds. The Bertz CT molecular complexity index is 1070. The number of ketones is 2. The number of phenols is 1. The van der Waals surface area contributed by atoms with Crippen LogP contribution in [0, 0.1) is 6.92 Å². The number of aromatic hydroxyl groups is 1. The molecule has 1 saturated heterocycles. The van der Waals surface area contributed by atoms with Crippen LogP contribution in [0.15, 0.2) is 12.1 Å². The van der Waals surface area contributed by atoms with Crippen molar-refractivity contribution < 1.29 is 29.6 Å². The molecule has 4 rings (SSSR count). The van der Waals surface area contributed by atoms with E-state index in [1.165, 1.54) is 11.3 Å². The minimum Gasteiger partial charge on any atom is -0.507 e. The fourth-order valence-corrected chi connectivity index (χ4v) is 5.78. The maximum Gasteiger partial charge on any atom is 0.199 e. The highest BCUT2D eigenvalue weighted by atomic mass is 32.1. The number of carbonyl (C=O) groups is 2. The molecule has 2 heterocycles. The first-order chi connectivity index (χ1) is 14.5. The molecule has 1 aromatic heterocycles. The standard InChI is InChI=1S/C23H27NO6S/c1-9(25)23-18-16(11(3)31-23)22(29)17-13(21(18)28)7-6-12(20(17)27)15-8-14(24(4)5)19(26)10(2)30-15/h6-7,9-10,14-15,19,25-27H,8H2,1-5H3/t9-,10-,14-,15-,19-/m1/s1. The van der Waals surface area contributed by atoms with Gasteiger partial charge < -0.3 is 25.0 Å². The highest BCUT2D eigenvalue weighted by Gasteiger charge is 2.41. The van der Waals surface area contributed by atoms with E-state index in [0.717, 1.165) is 0 Å². The predicted molar refractivity (Wildman–Crippen MR) is 116 cm³/mol. The number of thiophene rings is 1. The molecule has 166 valence electrons. The first-order valence-electron chi connectivity index (χ1n) is 10.3. The molecule has 1 aliphatic heterocycles. The quantitative estimate of drug-likeness (QED) is 0.569. The number of phenolic OH excluding ortho intramolecular Hbond substituents is 1. The summed E-state index contributed by atoms with van der Waals surface area (Å²) in [6, 6.07) is 2.99. The lowest BCUT2D eigenvalue weighted by Gasteiger charge is -2.41. The van der Waals surface area contributed by atoms with Crippen LogP contribution in [-0.4, -0.2) is 64.1 Å². The second-order valence-corrected chi connectivity index (χ2v) is 9.88. The Morgan fingerprint density at radius 3 is 2.45 bits per heavy atom. The lowest BCUT2D eigenvalue weighted by Crippen LogP contribution is -2.50. The summed E-state index contributed by atoms with van der Waals surface area (Å²) in [7, 11) is 3.75. The average Bonchev–Trinajstić information content (AvgIpc) is 3.06. The summed E-state index contributed by atoms with van der Waals surface area (Å²) in [6.07, 6.45) is -2.11. The molecule has 0 spiro atoms. The number of hydrogen-bond donors (Lipinski definition) is 3. The molecule has 7 nitrogen and oxygen atoms in total. The van der Waals surface area contributed by atoms with Crippen LogP contribution in [0.1, 0.15) is 79.6 Å². The van der Waals surface area contributed by atoms with Crippen LogP contribution < -0.4 is 0 Å². The molecular weight excluding hydrogens is 418 g/mol. The van der Waals surface area contributed by atoms with Crippen LogP contribution >= 0.6 is 11.3 Å². The zero-order valence-corrected chi connectivity index (χ0v) is 19.0. The van der Waals surface area contributed by atoms with E-state index in [4.69, 9.17) is 4.74 Å². The Balaban J connectivity index is 1.81. The van der Waals surface area contributed by atoms with Crippen LogP contribution in [0.3, 0.4) is 0 Å². The SMILES string of the molecule is Cc1sc([C@@H](C)O)c2c1C(=O)c1c(ccc([C@H]3C[C@@H](N(C)C)[C@H](O)[C@@H](C)O3)c1O)C2=O. The second kappa shape index (κ2) is 7.79. The van der Waals surface area contributed by atoms with Gasteiger partial charge in [-0.2, -0.15) is 0 Å². The van der Waals surface area contributed by atoms with Crippen molar-refractivity contribution in [3.8, 4) is 5.75 Å². The van der Waals surface area contributed by atoms with Gasteiger partial charge in [-0.15, -0.1) is 11.3 Å². The van der Waals surface area contributed by atoms with Crippen molar-refractivity contribution in [3.05, 3.63) is 49.7 Å². The molecule has 2 aliphatic rings. The highest BCUT2D eigenvalue weighted by Crippen LogP contribution is 2.45. The molecule has 5 atom stereocenters. The molecule has 0 unspecified atom stereocenters. The molecule has 0 radical (unpaired) electrons. The Morgan fingerprint density at radius 2 is 1.84 bits per heavy atom. The van der Waals surface area contributed by atoms with Crippen molar-refractivity contribution in [3.63, 3.8) is 0 Å². The molecule has 3 N–H and O–H groups in total. The maximum atomic E-state index is 13.4. The second-order valence-electron chi connectivity index (χ2n) is 8.62. The maximum absolute atomic E-state index is 13.4. The molecule has 2 aromatic rings. The lowest BCUT2D eigenvalue weighted by molar-refractivity contribution is -0.142. The number of aliphatic hydroxyl groups is 2. The number of ether oxygens (including phenoxy) is 1. The lowest BCUT2D eigenvalue weighted by atomic mass is 9.81. The summed E-state index contributed by atoms with van der Waals surface area (Å²) < 4.78 is 5.96. The minimum absolute atomic E-state index is 0.0168. The van der Waals surface area contributed by atoms with Crippen molar-refractivity contribution >= 4 is 22.9 Å². The van der Waals surface area contributed by atoms with Crippen molar-refractivity contribution in [2.75, 3.05) is 14.1 Å². The summed E-state index contributed by atoms with van der Waals surface area (Å²) in [5.41, 5.74) is 1.03. The summed E-state index contributed by atoms with van der Waals surface area (Å²) in [6.45, 7) is 5.08. The zero-order valence-electron chi connectivity index (χ0n) is 18.2. The highest BCUT2D eigenvalue weighted by molar-refractivity contribution is 7.13. The molecule has 0 bridgehead atoms. The number of fused-ring (bicyclic) bond motifs is 2. The minimum atomic E-state index is -0.870. The van der Waals surface area contributed by atoms with Gasteiger partial charge in [0.25, 0.3) is 0 Å². The van der Waals surface area contributed by atoms with E-state index in [0.29, 0.717) is 21.7 Å². The fourth-order valence-electron chi connectivity index (χ4n) is 4.69. The van der Waals surface area contributed by atoms with Gasteiger partial charge in [-0.1, -0.05) is 6.07 Å². The van der Waals surface area contributed by atoms with Gasteiger partial charge in [-0.3, -0.25) is 9.59 Å². The van der Waals surface area contributed by atoms with E-state index in [9.17, 15) is 24.9 Å². The third-order valence-corrected chi connectivity index (χ3v) is 7.62. The molecular formula is C23H27NO6S. The van der Waals surface area contributed by atoms with E-state index >= 15 is 0 Å². The Kier molecular flexibility index (Phi) is 5.56. The Morgan fingerprint density at radius 1 is 1.16 bits per heavy atom. The van der Waals surface area contributed by atoms with Gasteiger partial charge in [-0.05, 0) is 47.4 Å². The van der Waals surface area contributed by atoms with Crippen molar-refractivity contribution in [1.82, 2.24) is 4.90 Å². The van der Waals surface area contributed by atoms with Gasteiger partial charge in [0.2, 0.25) is 0 Å². The summed E-state index contributed by atoms with van der Waals surface area (Å²) in [4.78, 5) is 29.6. The number of nitrogens with zero attached hydrogens (tertiary/aromatic N) is 1. The molecule has 8 heteroatoms. The Labute approximate surface area is 184 Å². The van der Waals surface area contributed by atoms with E-state index in [-0.39, 0.29) is 39.8 Å². The number of likely N-dealkylation sites (N-methyl/N-ethyl adjacent to an activating group) is 1. The Hall–Kier alpha value is -2.10. The predicted octanol–water partition coefficient (Wildman–Crippen LogP) is 2.73. The van der Waals surface area contributed by atoms with E-state index in [1.807, 2.05) is 19.0 Å². The molecule has 31 heavy (non-hydrogen) atoms. The van der Waals surface area contributed by atoms with Crippen molar-refractivity contribution in [2.45, 2.75) is 57.6 Å². The topological polar surface area (TPSA) is 107 Å². The van der Waals surface area contributed by atoms with Crippen LogP contribution in [0.5, 0.6) is 5.75 Å². The number of benzene rings is 1. The van der Waals surface area contributed by atoms with Gasteiger partial charge >= 0.3 is 0 Å². The van der Waals surface area contributed by atoms with Crippen LogP contribution in [0.4, 0.5) is 0 Å². The number of aryl methyl sites for hydroxylation is 1. The smallest absolute Gasteiger partial charge is 0.199 e. The third kappa shape index (κ3) is 3.34. The van der Waals surface area contributed by atoms with Crippen molar-refractivity contribution in [1.29, 1.82) is 0 Å². The van der Waals surface area contributed by atoms with Gasteiger partial charge in [0.05, 0.1) is 35.5 Å². The number of carbonyl (C=O) groups excluding carboxylic acids is 2. The van der Waals surface area contributed by atoms with Gasteiger partial charge in [0, 0.05) is 32.5 Å². The largest absolute Gasteiger partial charge is 0.507 e. The monoisotopic (exact) mass is 445 g/mol. The number of hydrogen-bond acceptors (Lipinski definition) is 8. The fraction of sp³-hybridized carbons (Fsp3) is 0.478. The summed E-state index contributed by atoms with van der Waals surface area (Å²) >= 11 is 1.23. The number of rotatable bonds is 3. The van der Waals surface area contributed by atoms with Crippen LogP contribution in [-0.2, 0) is 4.74 Å². The van der Waals surface area contributed by atoms with Gasteiger partial charge in [-0.25, -0.2) is 0 Å². The number of aliphatic hydroxyl groups excluding tert-OH is 2. The van der Waals surface area contributed by atoms with Crippen molar-refractivity contribution in [2.24, 2.45) is 0 Å². The summed E-state index contributed by atoms with van der Waals surface area (Å²) in [5.74, 6) is -1.04. The van der Waals surface area contributed by atoms with E-state index in [1.54, 1.807) is 32.9 Å². The van der Waals surface area contributed by atoms with Gasteiger partial charge in [0.1, 0.15) is 5.75 Å². The normalized spacial score (nSPS) is 26.7. The third-order valence-electron chi connectivity index (χ3n) is 6.35. The van der Waals surface area contributed by atoms with Crippen LogP contribution in [0.2, 0.25) is 0 Å². The molecule has 1 aliphatic carbocycles. The summed E-state index contributed by atoms with van der Waals surface area (Å²) in [5, 5.41) is 31.6. The molecule has 0 saturated carbocycles. The first kappa shape index (κ1) is 22.1. The van der Waals surface area contributed by atoms with E-state index < -0.39 is 30.2 Å².